The van der Waals surface area contributed by atoms with Gasteiger partial charge in [0.05, 0.1) is 5.70 Å². The van der Waals surface area contributed by atoms with Crippen molar-refractivity contribution in [1.82, 2.24) is 0 Å². The van der Waals surface area contributed by atoms with Crippen molar-refractivity contribution in [1.29, 1.82) is 0 Å². The molecule has 12 heavy (non-hydrogen) atoms. The van der Waals surface area contributed by atoms with Crippen LogP contribution in [0, 0.1) is 0 Å². The second kappa shape index (κ2) is 3.53. The van der Waals surface area contributed by atoms with E-state index in [0.717, 1.165) is 18.5 Å². The van der Waals surface area contributed by atoms with Gasteiger partial charge in [-0.15, -0.1) is 0 Å². The molecular weight excluding hydrogens is 146 g/mol. The molecule has 0 unspecified atom stereocenters. The zero-order chi connectivity index (χ0) is 8.23. The van der Waals surface area contributed by atoms with Gasteiger partial charge in [-0.2, -0.15) is 0 Å². The fourth-order valence-corrected chi connectivity index (χ4v) is 1.51. The van der Waals surface area contributed by atoms with Gasteiger partial charge < -0.3 is 0 Å². The Kier molecular flexibility index (Phi) is 2.21. The van der Waals surface area contributed by atoms with Crippen LogP contribution >= 0.6 is 0 Å². The molecule has 2 rings (SSSR count). The van der Waals surface area contributed by atoms with Gasteiger partial charge in [-0.05, 0) is 31.3 Å². The minimum atomic E-state index is 1.10. The third-order valence-corrected chi connectivity index (χ3v) is 2.15. The van der Waals surface area contributed by atoms with E-state index in [1.807, 2.05) is 6.21 Å². The molecule has 2 aliphatic rings. The highest BCUT2D eigenvalue weighted by molar-refractivity contribution is 5.63. The van der Waals surface area contributed by atoms with Crippen molar-refractivity contribution in [3.8, 4) is 0 Å². The molecule has 0 aromatic heterocycles. The molecule has 0 aromatic carbocycles. The first kappa shape index (κ1) is 7.53. The van der Waals surface area contributed by atoms with Gasteiger partial charge in [0.15, 0.2) is 0 Å². The van der Waals surface area contributed by atoms with Crippen LogP contribution in [0.15, 0.2) is 40.6 Å². The molecule has 1 nitrogen and oxygen atoms in total. The van der Waals surface area contributed by atoms with Crippen molar-refractivity contribution in [2.75, 3.05) is 0 Å². The highest BCUT2D eigenvalue weighted by Gasteiger charge is 2.04. The molecule has 0 amide bonds. The predicted molar refractivity (Wildman–Crippen MR) is 52.3 cm³/mol. The summed E-state index contributed by atoms with van der Waals surface area (Å²) in [7, 11) is 0. The van der Waals surface area contributed by atoms with E-state index in [-0.39, 0.29) is 0 Å². The van der Waals surface area contributed by atoms with Crippen molar-refractivity contribution >= 4 is 6.21 Å². The van der Waals surface area contributed by atoms with Crippen molar-refractivity contribution in [3.63, 3.8) is 0 Å². The van der Waals surface area contributed by atoms with Crippen LogP contribution in [-0.4, -0.2) is 6.21 Å². The van der Waals surface area contributed by atoms with Gasteiger partial charge in [0.25, 0.3) is 0 Å². The Morgan fingerprint density at radius 1 is 1.00 bits per heavy atom. The maximum absolute atomic E-state index is 4.37. The average molecular weight is 159 g/mol. The summed E-state index contributed by atoms with van der Waals surface area (Å²) in [6.45, 7) is 0. The first-order valence-electron chi connectivity index (χ1n) is 4.56. The number of aliphatic imine (C=N–C) groups is 1. The Balaban J connectivity index is 2.18. The molecule has 1 heterocycles. The summed E-state index contributed by atoms with van der Waals surface area (Å²) in [5, 5.41) is 0. The fraction of sp³-hybridized carbons (Fsp3) is 0.364. The van der Waals surface area contributed by atoms with E-state index in [9.17, 15) is 0 Å². The quantitative estimate of drug-likeness (QED) is 0.557. The topological polar surface area (TPSA) is 12.4 Å². The van der Waals surface area contributed by atoms with Crippen molar-refractivity contribution in [3.05, 3.63) is 35.6 Å². The zero-order valence-corrected chi connectivity index (χ0v) is 7.16. The van der Waals surface area contributed by atoms with E-state index in [1.165, 1.54) is 18.4 Å². The lowest BCUT2D eigenvalue weighted by Crippen LogP contribution is -1.93. The summed E-state index contributed by atoms with van der Waals surface area (Å²) < 4.78 is 0. The van der Waals surface area contributed by atoms with Crippen molar-refractivity contribution in [2.45, 2.75) is 25.7 Å². The van der Waals surface area contributed by atoms with Gasteiger partial charge in [-0.3, -0.25) is 4.99 Å². The molecule has 62 valence electrons. The van der Waals surface area contributed by atoms with Crippen LogP contribution in [0.2, 0.25) is 0 Å². The Hall–Kier alpha value is -1.11. The van der Waals surface area contributed by atoms with Crippen LogP contribution in [0.4, 0.5) is 0 Å². The van der Waals surface area contributed by atoms with Crippen LogP contribution < -0.4 is 0 Å². The van der Waals surface area contributed by atoms with Gasteiger partial charge in [-0.1, -0.05) is 24.3 Å². The molecule has 0 fully saturated rings. The van der Waals surface area contributed by atoms with Gasteiger partial charge in [0, 0.05) is 6.21 Å². The average Bonchev–Trinajstić information content (AvgIpc) is 2.21. The first-order chi connectivity index (χ1) is 5.97. The number of hydrogen-bond acceptors (Lipinski definition) is 1. The van der Waals surface area contributed by atoms with Crippen LogP contribution in [0.1, 0.15) is 25.7 Å². The SMILES string of the molecule is C1=CC(C2=CCCC=N2)=CCC1. The molecule has 0 spiro atoms. The molecule has 0 saturated carbocycles. The predicted octanol–water partition coefficient (Wildman–Crippen LogP) is 3.01. The third-order valence-electron chi connectivity index (χ3n) is 2.15. The molecule has 0 bridgehead atoms. The van der Waals surface area contributed by atoms with E-state index in [4.69, 9.17) is 0 Å². The van der Waals surface area contributed by atoms with Crippen molar-refractivity contribution < 1.29 is 0 Å². The summed E-state index contributed by atoms with van der Waals surface area (Å²) in [6, 6.07) is 0. The summed E-state index contributed by atoms with van der Waals surface area (Å²) in [4.78, 5) is 4.37. The summed E-state index contributed by atoms with van der Waals surface area (Å²) >= 11 is 0. The Bertz CT molecular complexity index is 249. The number of nitrogens with zero attached hydrogens (tertiary/aromatic N) is 1. The lowest BCUT2D eigenvalue weighted by molar-refractivity contribution is 0.999. The van der Waals surface area contributed by atoms with Crippen LogP contribution in [0.5, 0.6) is 0 Å². The lowest BCUT2D eigenvalue weighted by atomic mass is 10.0. The number of rotatable bonds is 1. The summed E-state index contributed by atoms with van der Waals surface area (Å²) in [6.07, 6.45) is 15.5. The molecule has 0 radical (unpaired) electrons. The maximum Gasteiger partial charge on any atom is 0.0654 e. The monoisotopic (exact) mass is 159 g/mol. The van der Waals surface area contributed by atoms with E-state index in [2.05, 4.69) is 29.3 Å². The van der Waals surface area contributed by atoms with Gasteiger partial charge in [0.2, 0.25) is 0 Å². The molecule has 0 N–H and O–H groups in total. The van der Waals surface area contributed by atoms with Gasteiger partial charge in [-0.25, -0.2) is 0 Å². The van der Waals surface area contributed by atoms with Crippen LogP contribution in [-0.2, 0) is 0 Å². The lowest BCUT2D eigenvalue weighted by Gasteiger charge is -2.09. The Morgan fingerprint density at radius 2 is 1.92 bits per heavy atom. The molecular formula is C11H13N. The minimum absolute atomic E-state index is 1.10. The Labute approximate surface area is 73.2 Å². The second-order valence-corrected chi connectivity index (χ2v) is 3.12. The van der Waals surface area contributed by atoms with Crippen LogP contribution in [0.3, 0.4) is 0 Å². The normalized spacial score (nSPS) is 22.0. The first-order valence-corrected chi connectivity index (χ1v) is 4.56. The Morgan fingerprint density at radius 3 is 2.58 bits per heavy atom. The molecule has 0 aromatic rings. The molecule has 0 atom stereocenters. The number of allylic oxidation sites excluding steroid dienone is 4. The van der Waals surface area contributed by atoms with Crippen LogP contribution in [0.25, 0.3) is 0 Å². The third kappa shape index (κ3) is 1.55. The van der Waals surface area contributed by atoms with Gasteiger partial charge in [0.1, 0.15) is 0 Å². The number of hydrogen-bond donors (Lipinski definition) is 0. The van der Waals surface area contributed by atoms with E-state index >= 15 is 0 Å². The second-order valence-electron chi connectivity index (χ2n) is 3.12. The highest BCUT2D eigenvalue weighted by Crippen LogP contribution is 2.21. The molecule has 1 aliphatic carbocycles. The van der Waals surface area contributed by atoms with Gasteiger partial charge >= 0.3 is 0 Å². The standard InChI is InChI=1S/C11H13N/c1-2-6-10(7-3-1)11-8-4-5-9-12-11/h2,6-9H,1,3-5H2. The van der Waals surface area contributed by atoms with E-state index in [0.29, 0.717) is 0 Å². The largest absolute Gasteiger partial charge is 0.261 e. The molecule has 1 aliphatic heterocycles. The van der Waals surface area contributed by atoms with Crippen molar-refractivity contribution in [2.24, 2.45) is 4.99 Å². The smallest absolute Gasteiger partial charge is 0.0654 e. The minimum Gasteiger partial charge on any atom is -0.261 e. The molecule has 0 saturated heterocycles. The fourth-order valence-electron chi connectivity index (χ4n) is 1.51. The zero-order valence-electron chi connectivity index (χ0n) is 7.16. The summed E-state index contributed by atoms with van der Waals surface area (Å²) in [5.41, 5.74) is 2.47. The molecule has 1 heteroatoms. The van der Waals surface area contributed by atoms with E-state index < -0.39 is 0 Å². The highest BCUT2D eigenvalue weighted by atomic mass is 14.7. The summed E-state index contributed by atoms with van der Waals surface area (Å²) in [5.74, 6) is 0. The van der Waals surface area contributed by atoms with E-state index in [1.54, 1.807) is 0 Å². The maximum atomic E-state index is 4.37.